The average Bonchev–Trinajstić information content (AvgIpc) is 2.86. The normalized spacial score (nSPS) is 12.2. The Labute approximate surface area is 107 Å². The maximum absolute atomic E-state index is 5.60. The molecule has 0 saturated carbocycles. The lowest BCUT2D eigenvalue weighted by atomic mass is 10.3. The SMILES string of the molecule is CN=C(C=C(N)OC)NC(=C(C)C)n1ccnc1. The summed E-state index contributed by atoms with van der Waals surface area (Å²) >= 11 is 0. The van der Waals surface area contributed by atoms with Crippen LogP contribution in [0.25, 0.3) is 5.82 Å². The monoisotopic (exact) mass is 249 g/mol. The van der Waals surface area contributed by atoms with Crippen molar-refractivity contribution in [2.45, 2.75) is 13.8 Å². The van der Waals surface area contributed by atoms with E-state index in [1.54, 1.807) is 25.6 Å². The number of rotatable bonds is 4. The van der Waals surface area contributed by atoms with Crippen molar-refractivity contribution >= 4 is 11.7 Å². The topological polar surface area (TPSA) is 77.5 Å². The van der Waals surface area contributed by atoms with Crippen molar-refractivity contribution in [3.8, 4) is 0 Å². The highest BCUT2D eigenvalue weighted by molar-refractivity contribution is 5.97. The summed E-state index contributed by atoms with van der Waals surface area (Å²) < 4.78 is 6.77. The van der Waals surface area contributed by atoms with E-state index in [0.717, 1.165) is 11.4 Å². The van der Waals surface area contributed by atoms with Gasteiger partial charge in [-0.15, -0.1) is 0 Å². The molecule has 0 aromatic carbocycles. The number of amidine groups is 1. The van der Waals surface area contributed by atoms with Crippen LogP contribution in [0, 0.1) is 0 Å². The first-order chi connectivity index (χ1) is 8.58. The van der Waals surface area contributed by atoms with E-state index in [0.29, 0.717) is 11.7 Å². The summed E-state index contributed by atoms with van der Waals surface area (Å²) in [6.45, 7) is 4.00. The highest BCUT2D eigenvalue weighted by Gasteiger charge is 2.05. The first-order valence-electron chi connectivity index (χ1n) is 5.49. The van der Waals surface area contributed by atoms with E-state index in [-0.39, 0.29) is 0 Å². The van der Waals surface area contributed by atoms with Crippen LogP contribution in [0.2, 0.25) is 0 Å². The average molecular weight is 249 g/mol. The summed E-state index contributed by atoms with van der Waals surface area (Å²) in [6.07, 6.45) is 6.91. The molecule has 0 saturated heterocycles. The Kier molecular flexibility index (Phi) is 4.98. The van der Waals surface area contributed by atoms with Gasteiger partial charge < -0.3 is 15.8 Å². The fourth-order valence-corrected chi connectivity index (χ4v) is 1.31. The zero-order valence-electron chi connectivity index (χ0n) is 11.1. The van der Waals surface area contributed by atoms with Gasteiger partial charge in [-0.05, 0) is 19.4 Å². The number of nitrogens with zero attached hydrogens (tertiary/aromatic N) is 3. The number of imidazole rings is 1. The van der Waals surface area contributed by atoms with Crippen molar-refractivity contribution < 1.29 is 4.74 Å². The number of aromatic nitrogens is 2. The van der Waals surface area contributed by atoms with Gasteiger partial charge in [-0.3, -0.25) is 9.56 Å². The van der Waals surface area contributed by atoms with Crippen molar-refractivity contribution in [1.82, 2.24) is 14.9 Å². The molecule has 3 N–H and O–H groups in total. The molecular formula is C12H19N5O. The first-order valence-corrected chi connectivity index (χ1v) is 5.49. The van der Waals surface area contributed by atoms with Gasteiger partial charge in [0.15, 0.2) is 5.88 Å². The predicted octanol–water partition coefficient (Wildman–Crippen LogP) is 1.16. The van der Waals surface area contributed by atoms with Gasteiger partial charge in [0.1, 0.15) is 18.0 Å². The zero-order valence-corrected chi connectivity index (χ0v) is 11.1. The second kappa shape index (κ2) is 6.48. The van der Waals surface area contributed by atoms with Crippen molar-refractivity contribution in [2.75, 3.05) is 14.2 Å². The Bertz CT molecular complexity index is 467. The second-order valence-electron chi connectivity index (χ2n) is 3.80. The third-order valence-corrected chi connectivity index (χ3v) is 2.24. The quantitative estimate of drug-likeness (QED) is 0.477. The van der Waals surface area contributed by atoms with E-state index in [1.807, 2.05) is 24.6 Å². The number of allylic oxidation sites excluding steroid dienone is 1. The third kappa shape index (κ3) is 3.65. The number of nitrogens with two attached hydrogens (primary N) is 1. The molecule has 0 aliphatic carbocycles. The largest absolute Gasteiger partial charge is 0.483 e. The molecule has 0 aliphatic heterocycles. The molecule has 1 aromatic heterocycles. The standard InChI is InChI=1S/C12H19N5O/c1-9(2)12(17-6-5-15-8-17)16-11(14-3)7-10(13)18-4/h5-8H,13H2,1-4H3,(H,14,16). The molecule has 6 nitrogen and oxygen atoms in total. The van der Waals surface area contributed by atoms with E-state index in [1.165, 1.54) is 7.11 Å². The minimum absolute atomic E-state index is 0.293. The van der Waals surface area contributed by atoms with Gasteiger partial charge in [0.25, 0.3) is 0 Å². The van der Waals surface area contributed by atoms with Crippen LogP contribution in [-0.2, 0) is 4.74 Å². The molecule has 0 atom stereocenters. The molecule has 0 bridgehead atoms. The maximum atomic E-state index is 5.60. The molecule has 6 heteroatoms. The summed E-state index contributed by atoms with van der Waals surface area (Å²) in [4.78, 5) is 8.13. The van der Waals surface area contributed by atoms with Crippen LogP contribution < -0.4 is 11.1 Å². The van der Waals surface area contributed by atoms with E-state index >= 15 is 0 Å². The van der Waals surface area contributed by atoms with Crippen LogP contribution in [0.1, 0.15) is 13.8 Å². The molecule has 1 aromatic rings. The van der Waals surface area contributed by atoms with Crippen molar-refractivity contribution in [1.29, 1.82) is 0 Å². The van der Waals surface area contributed by atoms with E-state index in [9.17, 15) is 0 Å². The zero-order chi connectivity index (χ0) is 13.5. The number of hydrogen-bond donors (Lipinski definition) is 2. The summed E-state index contributed by atoms with van der Waals surface area (Å²) in [5.74, 6) is 1.79. The van der Waals surface area contributed by atoms with E-state index < -0.39 is 0 Å². The smallest absolute Gasteiger partial charge is 0.187 e. The summed E-state index contributed by atoms with van der Waals surface area (Å²) in [6, 6.07) is 0. The third-order valence-electron chi connectivity index (χ3n) is 2.24. The second-order valence-corrected chi connectivity index (χ2v) is 3.80. The number of ether oxygens (including phenoxy) is 1. The van der Waals surface area contributed by atoms with Gasteiger partial charge in [-0.25, -0.2) is 4.98 Å². The lowest BCUT2D eigenvalue weighted by Gasteiger charge is -2.14. The highest BCUT2D eigenvalue weighted by Crippen LogP contribution is 2.07. The van der Waals surface area contributed by atoms with Gasteiger partial charge >= 0.3 is 0 Å². The van der Waals surface area contributed by atoms with Crippen LogP contribution in [0.4, 0.5) is 0 Å². The van der Waals surface area contributed by atoms with Crippen LogP contribution in [-0.4, -0.2) is 29.5 Å². The van der Waals surface area contributed by atoms with Crippen molar-refractivity contribution in [3.05, 3.63) is 36.3 Å². The predicted molar refractivity (Wildman–Crippen MR) is 72.6 cm³/mol. The van der Waals surface area contributed by atoms with Crippen LogP contribution in [0.15, 0.2) is 41.2 Å². The van der Waals surface area contributed by atoms with Crippen LogP contribution in [0.3, 0.4) is 0 Å². The minimum atomic E-state index is 0.293. The van der Waals surface area contributed by atoms with Crippen LogP contribution >= 0.6 is 0 Å². The summed E-state index contributed by atoms with van der Waals surface area (Å²) in [5.41, 5.74) is 6.70. The lowest BCUT2D eigenvalue weighted by molar-refractivity contribution is 0.288. The number of hydrogen-bond acceptors (Lipinski definition) is 4. The molecule has 1 rings (SSSR count). The Morgan fingerprint density at radius 2 is 2.22 bits per heavy atom. The number of methoxy groups -OCH3 is 1. The van der Waals surface area contributed by atoms with E-state index in [4.69, 9.17) is 10.5 Å². The Morgan fingerprint density at radius 3 is 2.67 bits per heavy atom. The molecule has 0 fully saturated rings. The maximum Gasteiger partial charge on any atom is 0.187 e. The number of aliphatic imine (C=N–C) groups is 1. The lowest BCUT2D eigenvalue weighted by Crippen LogP contribution is -2.25. The Balaban J connectivity index is 2.96. The molecule has 1 heterocycles. The molecule has 0 aliphatic rings. The molecule has 0 unspecified atom stereocenters. The van der Waals surface area contributed by atoms with Gasteiger partial charge in [0.05, 0.1) is 7.11 Å². The summed E-state index contributed by atoms with van der Waals surface area (Å²) in [5, 5.41) is 3.19. The minimum Gasteiger partial charge on any atom is -0.483 e. The van der Waals surface area contributed by atoms with Crippen molar-refractivity contribution in [2.24, 2.45) is 10.7 Å². The van der Waals surface area contributed by atoms with Crippen molar-refractivity contribution in [3.63, 3.8) is 0 Å². The molecule has 0 radical (unpaired) electrons. The van der Waals surface area contributed by atoms with Gasteiger partial charge in [0, 0.05) is 25.5 Å². The van der Waals surface area contributed by atoms with Gasteiger partial charge in [0.2, 0.25) is 0 Å². The van der Waals surface area contributed by atoms with E-state index in [2.05, 4.69) is 15.3 Å². The summed E-state index contributed by atoms with van der Waals surface area (Å²) in [7, 11) is 3.19. The molecule has 0 spiro atoms. The molecule has 98 valence electrons. The van der Waals surface area contributed by atoms with Gasteiger partial charge in [-0.2, -0.15) is 0 Å². The first kappa shape index (κ1) is 13.8. The molecule has 18 heavy (non-hydrogen) atoms. The Hall–Kier alpha value is -2.24. The molecule has 0 amide bonds. The Morgan fingerprint density at radius 1 is 1.50 bits per heavy atom. The fourth-order valence-electron chi connectivity index (χ4n) is 1.31. The fraction of sp³-hybridized carbons (Fsp3) is 0.333. The highest BCUT2D eigenvalue weighted by atomic mass is 16.5. The van der Waals surface area contributed by atoms with Gasteiger partial charge in [-0.1, -0.05) is 0 Å². The molecular weight excluding hydrogens is 230 g/mol. The number of nitrogens with one attached hydrogen (secondary N) is 1. The van der Waals surface area contributed by atoms with Crippen LogP contribution in [0.5, 0.6) is 0 Å².